The van der Waals surface area contributed by atoms with E-state index in [4.69, 9.17) is 4.42 Å². The molecule has 0 spiro atoms. The van der Waals surface area contributed by atoms with Gasteiger partial charge in [0.25, 0.3) is 0 Å². The van der Waals surface area contributed by atoms with E-state index >= 15 is 0 Å². The van der Waals surface area contributed by atoms with E-state index in [2.05, 4.69) is 131 Å². The SMILES string of the molecule is Brc1ccc(-c2ccc(-c3cccc4cccc(-c5ccccc5)c34)cc2)c2oc3ccccc3c12. The lowest BCUT2D eigenvalue weighted by Crippen LogP contribution is -1.87. The van der Waals surface area contributed by atoms with Gasteiger partial charge < -0.3 is 4.42 Å². The number of fused-ring (bicyclic) bond motifs is 4. The molecule has 0 saturated heterocycles. The summed E-state index contributed by atoms with van der Waals surface area (Å²) >= 11 is 3.74. The van der Waals surface area contributed by atoms with Crippen molar-refractivity contribution < 1.29 is 4.42 Å². The molecule has 1 aromatic heterocycles. The van der Waals surface area contributed by atoms with Gasteiger partial charge in [0.2, 0.25) is 0 Å². The monoisotopic (exact) mass is 524 g/mol. The van der Waals surface area contributed by atoms with E-state index in [1.807, 2.05) is 12.1 Å². The standard InChI is InChI=1S/C34H21BrO/c35-30-21-20-28(34-33(30)29-12-4-5-15-31(29)36-34)24-18-16-23(17-19-24)27-14-7-11-25-10-6-13-26(32(25)27)22-8-2-1-3-9-22/h1-21H. The van der Waals surface area contributed by atoms with Crippen molar-refractivity contribution in [3.63, 3.8) is 0 Å². The smallest absolute Gasteiger partial charge is 0.144 e. The maximum Gasteiger partial charge on any atom is 0.144 e. The Kier molecular flexibility index (Phi) is 5.00. The molecule has 6 aromatic carbocycles. The second-order valence-corrected chi connectivity index (χ2v) is 9.90. The fourth-order valence-corrected chi connectivity index (χ4v) is 5.81. The molecule has 170 valence electrons. The van der Waals surface area contributed by atoms with E-state index in [-0.39, 0.29) is 0 Å². The van der Waals surface area contributed by atoms with E-state index < -0.39 is 0 Å². The zero-order valence-corrected chi connectivity index (χ0v) is 21.0. The summed E-state index contributed by atoms with van der Waals surface area (Å²) in [6, 6.07) is 45.1. The Bertz CT molecular complexity index is 1870. The van der Waals surface area contributed by atoms with E-state index in [1.165, 1.54) is 33.0 Å². The largest absolute Gasteiger partial charge is 0.455 e. The summed E-state index contributed by atoms with van der Waals surface area (Å²) in [6.45, 7) is 0. The van der Waals surface area contributed by atoms with Crippen molar-refractivity contribution in [2.75, 3.05) is 0 Å². The summed E-state index contributed by atoms with van der Waals surface area (Å²) in [7, 11) is 0. The first kappa shape index (κ1) is 21.2. The van der Waals surface area contributed by atoms with Crippen LogP contribution in [-0.2, 0) is 0 Å². The second kappa shape index (κ2) is 8.51. The molecule has 0 amide bonds. The molecule has 1 heterocycles. The van der Waals surface area contributed by atoms with Gasteiger partial charge >= 0.3 is 0 Å². The van der Waals surface area contributed by atoms with Crippen molar-refractivity contribution in [3.05, 3.63) is 132 Å². The highest BCUT2D eigenvalue weighted by molar-refractivity contribution is 9.10. The van der Waals surface area contributed by atoms with Gasteiger partial charge in [-0.3, -0.25) is 0 Å². The summed E-state index contributed by atoms with van der Waals surface area (Å²) in [6.07, 6.45) is 0. The van der Waals surface area contributed by atoms with Gasteiger partial charge in [0.1, 0.15) is 11.2 Å². The average Bonchev–Trinajstić information content (AvgIpc) is 3.34. The van der Waals surface area contributed by atoms with Crippen molar-refractivity contribution in [1.29, 1.82) is 0 Å². The molecule has 0 aliphatic heterocycles. The molecular weight excluding hydrogens is 504 g/mol. The van der Waals surface area contributed by atoms with Crippen LogP contribution >= 0.6 is 15.9 Å². The predicted molar refractivity (Wildman–Crippen MR) is 155 cm³/mol. The minimum atomic E-state index is 0.904. The number of hydrogen-bond donors (Lipinski definition) is 0. The van der Waals surface area contributed by atoms with Crippen LogP contribution in [0.2, 0.25) is 0 Å². The van der Waals surface area contributed by atoms with Gasteiger partial charge in [-0.05, 0) is 56.8 Å². The van der Waals surface area contributed by atoms with Gasteiger partial charge in [0, 0.05) is 20.8 Å². The van der Waals surface area contributed by atoms with Crippen LogP contribution in [0.4, 0.5) is 0 Å². The van der Waals surface area contributed by atoms with Crippen molar-refractivity contribution in [2.24, 2.45) is 0 Å². The highest BCUT2D eigenvalue weighted by Crippen LogP contribution is 2.41. The van der Waals surface area contributed by atoms with E-state index in [9.17, 15) is 0 Å². The third-order valence-electron chi connectivity index (χ3n) is 6.97. The summed E-state index contributed by atoms with van der Waals surface area (Å²) in [5.41, 5.74) is 8.97. The Hall–Kier alpha value is -4.14. The first-order valence-electron chi connectivity index (χ1n) is 12.1. The third kappa shape index (κ3) is 3.37. The minimum Gasteiger partial charge on any atom is -0.455 e. The van der Waals surface area contributed by atoms with Crippen LogP contribution in [0.5, 0.6) is 0 Å². The second-order valence-electron chi connectivity index (χ2n) is 9.05. The van der Waals surface area contributed by atoms with Gasteiger partial charge in [-0.1, -0.05) is 125 Å². The van der Waals surface area contributed by atoms with Gasteiger partial charge in [-0.25, -0.2) is 0 Å². The van der Waals surface area contributed by atoms with Crippen molar-refractivity contribution in [1.82, 2.24) is 0 Å². The van der Waals surface area contributed by atoms with Crippen molar-refractivity contribution in [2.45, 2.75) is 0 Å². The maximum absolute atomic E-state index is 6.33. The molecule has 0 aliphatic rings. The molecule has 2 heteroatoms. The van der Waals surface area contributed by atoms with Gasteiger partial charge in [-0.2, -0.15) is 0 Å². The number of hydrogen-bond acceptors (Lipinski definition) is 1. The number of furan rings is 1. The number of benzene rings is 6. The van der Waals surface area contributed by atoms with Crippen molar-refractivity contribution in [3.8, 4) is 33.4 Å². The normalized spacial score (nSPS) is 11.5. The Labute approximate surface area is 217 Å². The molecule has 7 rings (SSSR count). The fraction of sp³-hybridized carbons (Fsp3) is 0. The van der Waals surface area contributed by atoms with Gasteiger partial charge in [0.15, 0.2) is 0 Å². The van der Waals surface area contributed by atoms with E-state index in [1.54, 1.807) is 0 Å². The molecule has 0 aliphatic carbocycles. The summed E-state index contributed by atoms with van der Waals surface area (Å²) < 4.78 is 7.37. The van der Waals surface area contributed by atoms with Gasteiger partial charge in [0.05, 0.1) is 0 Å². The van der Waals surface area contributed by atoms with Crippen LogP contribution in [0.1, 0.15) is 0 Å². The molecule has 0 fully saturated rings. The Morgan fingerprint density at radius 1 is 0.444 bits per heavy atom. The van der Waals surface area contributed by atoms with Gasteiger partial charge in [-0.15, -0.1) is 0 Å². The summed E-state index contributed by atoms with van der Waals surface area (Å²) in [4.78, 5) is 0. The molecule has 0 N–H and O–H groups in total. The molecule has 0 saturated carbocycles. The number of para-hydroxylation sites is 1. The van der Waals surface area contributed by atoms with Crippen LogP contribution in [0.15, 0.2) is 136 Å². The minimum absolute atomic E-state index is 0.904. The lowest BCUT2D eigenvalue weighted by atomic mass is 9.91. The molecule has 0 unspecified atom stereocenters. The fourth-order valence-electron chi connectivity index (χ4n) is 5.28. The number of halogens is 1. The summed E-state index contributed by atoms with van der Waals surface area (Å²) in [5.74, 6) is 0. The molecule has 0 atom stereocenters. The van der Waals surface area contributed by atoms with Crippen LogP contribution in [0.3, 0.4) is 0 Å². The molecule has 36 heavy (non-hydrogen) atoms. The average molecular weight is 525 g/mol. The van der Waals surface area contributed by atoms with E-state index in [0.717, 1.165) is 37.5 Å². The highest BCUT2D eigenvalue weighted by atomic mass is 79.9. The summed E-state index contributed by atoms with van der Waals surface area (Å²) in [5, 5.41) is 4.77. The highest BCUT2D eigenvalue weighted by Gasteiger charge is 2.15. The van der Waals surface area contributed by atoms with Crippen molar-refractivity contribution >= 4 is 48.6 Å². The van der Waals surface area contributed by atoms with Crippen LogP contribution < -0.4 is 0 Å². The first-order valence-corrected chi connectivity index (χ1v) is 12.8. The quantitative estimate of drug-likeness (QED) is 0.224. The zero-order valence-electron chi connectivity index (χ0n) is 19.4. The predicted octanol–water partition coefficient (Wildman–Crippen LogP) is 10.5. The molecule has 0 radical (unpaired) electrons. The number of rotatable bonds is 3. The molecule has 1 nitrogen and oxygen atoms in total. The van der Waals surface area contributed by atoms with E-state index in [0.29, 0.717) is 0 Å². The Balaban J connectivity index is 1.38. The van der Waals surface area contributed by atoms with Crippen LogP contribution in [0.25, 0.3) is 66.1 Å². The third-order valence-corrected chi connectivity index (χ3v) is 7.63. The first-order chi connectivity index (χ1) is 17.8. The van der Waals surface area contributed by atoms with Crippen LogP contribution in [-0.4, -0.2) is 0 Å². The molecular formula is C34H21BrO. The lowest BCUT2D eigenvalue weighted by molar-refractivity contribution is 0.670. The molecule has 0 bridgehead atoms. The Morgan fingerprint density at radius 2 is 1.06 bits per heavy atom. The zero-order chi connectivity index (χ0) is 24.1. The Morgan fingerprint density at radius 3 is 1.78 bits per heavy atom. The molecule has 7 aromatic rings. The lowest BCUT2D eigenvalue weighted by Gasteiger charge is -2.13. The topological polar surface area (TPSA) is 13.1 Å². The maximum atomic E-state index is 6.33. The van der Waals surface area contributed by atoms with Crippen LogP contribution in [0, 0.1) is 0 Å².